The van der Waals surface area contributed by atoms with Gasteiger partial charge in [-0.1, -0.05) is 0 Å². The molecular formula is C52H64N4O14. The van der Waals surface area contributed by atoms with Crippen molar-refractivity contribution in [2.24, 2.45) is 0 Å². The zero-order valence-corrected chi connectivity index (χ0v) is 40.8. The Morgan fingerprint density at radius 2 is 1.10 bits per heavy atom. The van der Waals surface area contributed by atoms with Crippen LogP contribution in [0.1, 0.15) is 113 Å². The van der Waals surface area contributed by atoms with Crippen LogP contribution in [0.2, 0.25) is 0 Å². The fraction of sp³-hybridized carbons (Fsp3) is 0.538. The smallest absolute Gasteiger partial charge is 0.343 e. The Labute approximate surface area is 406 Å². The van der Waals surface area contributed by atoms with Gasteiger partial charge in [0.1, 0.15) is 22.6 Å². The van der Waals surface area contributed by atoms with Crippen molar-refractivity contribution in [3.8, 4) is 34.0 Å². The van der Waals surface area contributed by atoms with Crippen LogP contribution in [0.4, 0.5) is 0 Å². The molecule has 2 saturated heterocycles. The standard InChI is InChI=1S/C27H34N2O7.C25H30N2O7/c1-4-35-26(31)21-14-28-22(13-24(21)30)19-11-18(15-33-3)25(36-10-6-9-32-2)12-20(19)23-16-34-17-27(29(23)28)7-5-8-27;1-31-7-4-8-34-23-10-18-17(9-16(23)13-32-2)20-11-22(28)19(24(29)30)12-26(20)27-21(18)14-33-15-25(27)5-3-6-25/h11-14,23H,4-10,15-17H2,1-3H3;9-12,21H,3-8,13-15H2,1-2H3,(H,29,30)/t;21-/m.1/s1. The maximum Gasteiger partial charge on any atom is 0.343 e. The summed E-state index contributed by atoms with van der Waals surface area (Å²) in [7, 11) is 6.62. The van der Waals surface area contributed by atoms with Crippen LogP contribution >= 0.6 is 0 Å². The van der Waals surface area contributed by atoms with Crippen LogP contribution < -0.4 is 30.3 Å². The summed E-state index contributed by atoms with van der Waals surface area (Å²) in [6.45, 7) is 7.08. The van der Waals surface area contributed by atoms with Gasteiger partial charge in [0, 0.05) is 101 Å². The first kappa shape index (κ1) is 49.2. The van der Waals surface area contributed by atoms with Crippen molar-refractivity contribution < 1.29 is 57.3 Å². The third-order valence-electron chi connectivity index (χ3n) is 14.5. The monoisotopic (exact) mass is 968 g/mol. The summed E-state index contributed by atoms with van der Waals surface area (Å²) < 4.78 is 54.8. The molecule has 2 aliphatic carbocycles. The lowest BCUT2D eigenvalue weighted by Gasteiger charge is -2.59. The summed E-state index contributed by atoms with van der Waals surface area (Å²) in [6.07, 6.45) is 10.7. The zero-order chi connectivity index (χ0) is 49.2. The van der Waals surface area contributed by atoms with E-state index < -0.39 is 17.4 Å². The van der Waals surface area contributed by atoms with Gasteiger partial charge in [-0.2, -0.15) is 0 Å². The lowest BCUT2D eigenvalue weighted by Crippen LogP contribution is -2.67. The van der Waals surface area contributed by atoms with Crippen molar-refractivity contribution >= 4 is 11.9 Å². The Morgan fingerprint density at radius 3 is 1.50 bits per heavy atom. The van der Waals surface area contributed by atoms with Crippen molar-refractivity contribution in [2.75, 3.05) is 97.9 Å². The molecule has 18 heteroatoms. The van der Waals surface area contributed by atoms with Crippen LogP contribution in [0.5, 0.6) is 11.5 Å². The van der Waals surface area contributed by atoms with E-state index in [4.69, 9.17) is 42.6 Å². The summed E-state index contributed by atoms with van der Waals surface area (Å²) in [5.74, 6) is -0.323. The van der Waals surface area contributed by atoms with E-state index in [1.54, 1.807) is 47.6 Å². The summed E-state index contributed by atoms with van der Waals surface area (Å²) in [5, 5.41) is 14.2. The Bertz CT molecular complexity index is 2710. The molecule has 4 aromatic rings. The van der Waals surface area contributed by atoms with E-state index in [1.807, 2.05) is 27.6 Å². The molecule has 1 unspecified atom stereocenters. The Hall–Kier alpha value is -5.76. The van der Waals surface area contributed by atoms with Crippen molar-refractivity contribution in [3.05, 3.63) is 103 Å². The molecule has 0 radical (unpaired) electrons. The van der Waals surface area contributed by atoms with Gasteiger partial charge in [0.15, 0.2) is 10.9 Å². The van der Waals surface area contributed by atoms with Crippen LogP contribution in [0.25, 0.3) is 22.5 Å². The van der Waals surface area contributed by atoms with Gasteiger partial charge in [-0.3, -0.25) is 29.0 Å². The molecule has 2 spiro atoms. The van der Waals surface area contributed by atoms with E-state index in [9.17, 15) is 24.3 Å². The Kier molecular flexibility index (Phi) is 14.7. The molecular weight excluding hydrogens is 905 g/mol. The molecule has 1 N–H and O–H groups in total. The highest BCUT2D eigenvalue weighted by atomic mass is 16.5. The molecule has 2 atom stereocenters. The van der Waals surface area contributed by atoms with Crippen LogP contribution in [0.3, 0.4) is 0 Å². The van der Waals surface area contributed by atoms with Gasteiger partial charge in [-0.25, -0.2) is 9.59 Å². The van der Waals surface area contributed by atoms with E-state index in [-0.39, 0.29) is 46.3 Å². The van der Waals surface area contributed by atoms with E-state index in [0.717, 1.165) is 102 Å². The molecule has 0 bridgehead atoms. The van der Waals surface area contributed by atoms with Crippen molar-refractivity contribution in [1.29, 1.82) is 0 Å². The second-order valence-electron chi connectivity index (χ2n) is 18.8. The number of esters is 1. The molecule has 376 valence electrons. The molecule has 4 aliphatic heterocycles. The zero-order valence-electron chi connectivity index (χ0n) is 40.8. The summed E-state index contributed by atoms with van der Waals surface area (Å²) in [6, 6.07) is 10.9. The number of hydrogen-bond acceptors (Lipinski definition) is 15. The molecule has 18 nitrogen and oxygen atoms in total. The molecule has 2 aromatic heterocycles. The fourth-order valence-electron chi connectivity index (χ4n) is 11.0. The molecule has 6 heterocycles. The van der Waals surface area contributed by atoms with Gasteiger partial charge in [-0.05, 0) is 80.8 Å². The van der Waals surface area contributed by atoms with E-state index in [0.29, 0.717) is 71.8 Å². The first-order valence-corrected chi connectivity index (χ1v) is 24.3. The number of nitrogens with zero attached hydrogens (tertiary/aromatic N) is 4. The largest absolute Gasteiger partial charge is 0.493 e. The van der Waals surface area contributed by atoms with Crippen LogP contribution in [0.15, 0.2) is 58.4 Å². The number of methoxy groups -OCH3 is 4. The molecule has 10 rings (SSSR count). The maximum atomic E-state index is 13.1. The molecule has 0 amide bonds. The summed E-state index contributed by atoms with van der Waals surface area (Å²) in [5.41, 5.74) is 5.57. The third-order valence-corrected chi connectivity index (χ3v) is 14.5. The lowest BCUT2D eigenvalue weighted by molar-refractivity contribution is -0.0300. The second kappa shape index (κ2) is 20.9. The first-order chi connectivity index (χ1) is 34.0. The molecule has 70 heavy (non-hydrogen) atoms. The minimum atomic E-state index is -1.22. The third kappa shape index (κ3) is 8.98. The number of hydrogen-bond donors (Lipinski definition) is 1. The highest BCUT2D eigenvalue weighted by molar-refractivity contribution is 5.90. The number of carboxylic acids is 1. The van der Waals surface area contributed by atoms with Crippen molar-refractivity contribution in [3.63, 3.8) is 0 Å². The van der Waals surface area contributed by atoms with Crippen LogP contribution in [-0.2, 0) is 46.4 Å². The van der Waals surface area contributed by atoms with E-state index in [2.05, 4.69) is 16.1 Å². The number of benzene rings is 2. The minimum Gasteiger partial charge on any atom is -0.493 e. The normalized spacial score (nSPS) is 19.4. The Morgan fingerprint density at radius 1 is 0.643 bits per heavy atom. The minimum absolute atomic E-state index is 0.0407. The summed E-state index contributed by atoms with van der Waals surface area (Å²) in [4.78, 5) is 50.2. The molecule has 6 aliphatic rings. The second-order valence-corrected chi connectivity index (χ2v) is 18.8. The van der Waals surface area contributed by atoms with Crippen LogP contribution in [-0.4, -0.2) is 125 Å². The van der Waals surface area contributed by atoms with Gasteiger partial charge >= 0.3 is 11.9 Å². The number of ether oxygens (including phenoxy) is 9. The number of carbonyl (C=O) groups is 2. The Balaban J connectivity index is 0.000000174. The number of fused-ring (bicyclic) bond motifs is 14. The van der Waals surface area contributed by atoms with Gasteiger partial charge in [0.2, 0.25) is 0 Å². The quantitative estimate of drug-likeness (QED) is 0.0970. The number of pyridine rings is 2. The van der Waals surface area contributed by atoms with E-state index >= 15 is 0 Å². The molecule has 2 saturated carbocycles. The van der Waals surface area contributed by atoms with Gasteiger partial charge in [0.25, 0.3) is 0 Å². The highest BCUT2D eigenvalue weighted by Gasteiger charge is 2.53. The van der Waals surface area contributed by atoms with Crippen molar-refractivity contribution in [1.82, 2.24) is 9.35 Å². The SMILES string of the molecule is CCOC(=O)c1cn2c(cc1=O)-c1cc(COC)c(OCCCOC)cc1C1COCC3(CCC3)N12.COCCCOc1cc2c(cc1COC)-c1cc(=O)c(C(=O)O)cn1N1[C@@H]2COCC12CCC2. The number of carboxylic acid groups (broad SMARTS) is 1. The predicted octanol–water partition coefficient (Wildman–Crippen LogP) is 5.92. The fourth-order valence-corrected chi connectivity index (χ4v) is 11.0. The predicted molar refractivity (Wildman–Crippen MR) is 257 cm³/mol. The topological polar surface area (TPSA) is 188 Å². The number of carbonyl (C=O) groups excluding carboxylic acids is 1. The number of aromatic carboxylic acids is 1. The van der Waals surface area contributed by atoms with Gasteiger partial charge in [-0.15, -0.1) is 0 Å². The van der Waals surface area contributed by atoms with Crippen molar-refractivity contribution in [2.45, 2.75) is 94.7 Å². The average Bonchev–Trinajstić information content (AvgIpc) is 3.33. The lowest BCUT2D eigenvalue weighted by atomic mass is 9.74. The van der Waals surface area contributed by atoms with Gasteiger partial charge in [0.05, 0.1) is 94.0 Å². The van der Waals surface area contributed by atoms with E-state index in [1.165, 1.54) is 12.3 Å². The van der Waals surface area contributed by atoms with Crippen LogP contribution in [0, 0.1) is 0 Å². The molecule has 2 aromatic carbocycles. The first-order valence-electron chi connectivity index (χ1n) is 24.3. The highest BCUT2D eigenvalue weighted by Crippen LogP contribution is 2.52. The summed E-state index contributed by atoms with van der Waals surface area (Å²) >= 11 is 0. The average molecular weight is 969 g/mol. The number of rotatable bonds is 17. The number of morpholine rings is 2. The molecule has 4 fully saturated rings. The maximum absolute atomic E-state index is 13.1. The number of aromatic nitrogens is 2. The van der Waals surface area contributed by atoms with Gasteiger partial charge < -0.3 is 47.7 Å².